The molecule has 4 aliphatic rings. The number of ether oxygens (including phenoxy) is 3. The van der Waals surface area contributed by atoms with Crippen LogP contribution in [-0.4, -0.2) is 128 Å². The Morgan fingerprint density at radius 2 is 1.74 bits per heavy atom. The van der Waals surface area contributed by atoms with Gasteiger partial charge >= 0.3 is 11.7 Å². The van der Waals surface area contributed by atoms with Crippen molar-refractivity contribution in [3.63, 3.8) is 0 Å². The second-order valence-corrected chi connectivity index (χ2v) is 20.5. The number of benzene rings is 4. The van der Waals surface area contributed by atoms with Gasteiger partial charge in [-0.05, 0) is 118 Å². The summed E-state index contributed by atoms with van der Waals surface area (Å²) in [4.78, 5) is 68.7. The van der Waals surface area contributed by atoms with E-state index in [2.05, 4.69) is 50.7 Å². The Labute approximate surface area is 427 Å². The number of piperazine rings is 1. The number of hydrogen-bond acceptors (Lipinski definition) is 13. The number of hydrogen-bond donors (Lipinski definition) is 3. The predicted octanol–water partition coefficient (Wildman–Crippen LogP) is 6.27. The van der Waals surface area contributed by atoms with Gasteiger partial charge in [0.15, 0.2) is 5.75 Å². The largest absolute Gasteiger partial charge is 0.486 e. The lowest BCUT2D eigenvalue weighted by Crippen LogP contribution is -2.53. The molecule has 3 saturated heterocycles. The number of likely N-dealkylation sites (N-methyl/N-ethyl adjacent to an activating group) is 1. The standard InChI is InChI=1S/C55H62FN11O7/c1-30-26-65(27-34-9-14-43-45(21-34)64(5)55(71)67(43)44-15-16-46(68)59-52(44)69)19-20-66(30)53(70)36-10-7-33(8-11-36)29-73-50-48(47-32(3)41(56)23-42-40(47)25-58-62-42)38(35-12-13-35)22-39-49(50)60-54(74-28-31(2)72-6)61-51(39)63(4)37-17-18-57-24-37/h7-11,14,21-23,25,30-31,35,37,44,57H,12-13,15-20,24,26-29H2,1-6H3,(H,58,62)(H,59,68,69)/t30-,31-,37+,44?/m0/s1. The molecule has 7 aromatic rings. The highest BCUT2D eigenvalue weighted by molar-refractivity contribution is 6.06. The Morgan fingerprint density at radius 1 is 0.946 bits per heavy atom. The van der Waals surface area contributed by atoms with E-state index in [0.717, 1.165) is 71.2 Å². The highest BCUT2D eigenvalue weighted by Gasteiger charge is 2.36. The molecule has 3 amide bonds. The predicted molar refractivity (Wildman–Crippen MR) is 278 cm³/mol. The number of halogens is 1. The smallest absolute Gasteiger partial charge is 0.329 e. The first-order chi connectivity index (χ1) is 35.8. The van der Waals surface area contributed by atoms with Crippen molar-refractivity contribution in [3.05, 3.63) is 105 Å². The number of aromatic nitrogens is 6. The summed E-state index contributed by atoms with van der Waals surface area (Å²) in [7, 11) is 5.38. The Morgan fingerprint density at radius 3 is 2.47 bits per heavy atom. The zero-order valence-electron chi connectivity index (χ0n) is 42.7. The van der Waals surface area contributed by atoms with Crippen molar-refractivity contribution in [1.29, 1.82) is 0 Å². The van der Waals surface area contributed by atoms with Crippen LogP contribution in [-0.2, 0) is 34.5 Å². The summed E-state index contributed by atoms with van der Waals surface area (Å²) in [6, 6.07) is 16.6. The second-order valence-electron chi connectivity index (χ2n) is 20.5. The summed E-state index contributed by atoms with van der Waals surface area (Å²) in [6.45, 7) is 10.3. The van der Waals surface area contributed by atoms with Gasteiger partial charge in [0, 0.05) is 99.9 Å². The fourth-order valence-corrected chi connectivity index (χ4v) is 11.1. The molecule has 0 radical (unpaired) electrons. The van der Waals surface area contributed by atoms with Crippen molar-refractivity contribution in [1.82, 2.24) is 49.7 Å². The molecule has 11 rings (SSSR count). The zero-order valence-corrected chi connectivity index (χ0v) is 42.7. The number of methoxy groups -OCH3 is 1. The van der Waals surface area contributed by atoms with Crippen molar-refractivity contribution in [2.24, 2.45) is 7.05 Å². The van der Waals surface area contributed by atoms with Crippen LogP contribution in [0.3, 0.4) is 0 Å². The molecule has 6 heterocycles. The van der Waals surface area contributed by atoms with E-state index in [1.807, 2.05) is 54.3 Å². The Balaban J connectivity index is 0.859. The van der Waals surface area contributed by atoms with Gasteiger partial charge < -0.3 is 29.3 Å². The number of aryl methyl sites for hydroxylation is 1. The van der Waals surface area contributed by atoms with E-state index in [0.29, 0.717) is 70.7 Å². The lowest BCUT2D eigenvalue weighted by molar-refractivity contribution is -0.135. The van der Waals surface area contributed by atoms with Crippen molar-refractivity contribution in [2.75, 3.05) is 58.4 Å². The van der Waals surface area contributed by atoms with Crippen molar-refractivity contribution in [3.8, 4) is 22.9 Å². The maximum Gasteiger partial charge on any atom is 0.329 e. The van der Waals surface area contributed by atoms with Gasteiger partial charge in [0.1, 0.15) is 36.4 Å². The first-order valence-electron chi connectivity index (χ1n) is 25.6. The van der Waals surface area contributed by atoms with E-state index >= 15 is 4.39 Å². The molecule has 4 atom stereocenters. The van der Waals surface area contributed by atoms with Crippen LogP contribution in [0.15, 0.2) is 65.6 Å². The van der Waals surface area contributed by atoms with E-state index in [1.54, 1.807) is 31.8 Å². The number of carbonyl (C=O) groups excluding carboxylic acids is 3. The number of amides is 3. The second kappa shape index (κ2) is 19.9. The topological polar surface area (TPSA) is 194 Å². The number of anilines is 1. The molecule has 3 aliphatic heterocycles. The van der Waals surface area contributed by atoms with E-state index in [4.69, 9.17) is 24.2 Å². The van der Waals surface area contributed by atoms with E-state index < -0.39 is 11.9 Å². The first-order valence-corrected chi connectivity index (χ1v) is 25.6. The molecule has 3 aromatic heterocycles. The number of rotatable bonds is 15. The number of H-pyrrole nitrogens is 1. The van der Waals surface area contributed by atoms with Gasteiger partial charge in [-0.2, -0.15) is 15.1 Å². The number of imidazole rings is 1. The summed E-state index contributed by atoms with van der Waals surface area (Å²) in [6.07, 6.45) is 4.87. The molecule has 386 valence electrons. The Hall–Kier alpha value is -7.22. The fraction of sp³-hybridized carbons (Fsp3) is 0.436. The minimum absolute atomic E-state index is 0.0620. The van der Waals surface area contributed by atoms with Crippen LogP contribution in [0.2, 0.25) is 0 Å². The molecule has 1 saturated carbocycles. The van der Waals surface area contributed by atoms with E-state index in [9.17, 15) is 19.2 Å². The number of aromatic amines is 1. The Kier molecular flexibility index (Phi) is 13.2. The summed E-state index contributed by atoms with van der Waals surface area (Å²) >= 11 is 0. The quantitative estimate of drug-likeness (QED) is 0.0975. The number of piperidine rings is 1. The molecule has 18 nitrogen and oxygen atoms in total. The monoisotopic (exact) mass is 1010 g/mol. The molecule has 74 heavy (non-hydrogen) atoms. The van der Waals surface area contributed by atoms with Crippen LogP contribution >= 0.6 is 0 Å². The van der Waals surface area contributed by atoms with Crippen LogP contribution in [0.5, 0.6) is 11.8 Å². The number of nitrogens with one attached hydrogen (secondary N) is 3. The maximum atomic E-state index is 16.0. The molecule has 4 aromatic carbocycles. The summed E-state index contributed by atoms with van der Waals surface area (Å²) in [5.74, 6) is 0.217. The summed E-state index contributed by atoms with van der Waals surface area (Å²) < 4.78 is 37.9. The van der Waals surface area contributed by atoms with Crippen LogP contribution in [0, 0.1) is 12.7 Å². The van der Waals surface area contributed by atoms with Crippen LogP contribution in [0.1, 0.15) is 90.5 Å². The molecular formula is C55H62FN11O7. The Bertz CT molecular complexity index is 3400. The molecule has 0 spiro atoms. The van der Waals surface area contributed by atoms with Crippen molar-refractivity contribution in [2.45, 2.75) is 96.2 Å². The molecule has 1 unspecified atom stereocenters. The number of fused-ring (bicyclic) bond motifs is 3. The van der Waals surface area contributed by atoms with Gasteiger partial charge in [0.25, 0.3) is 5.91 Å². The van der Waals surface area contributed by atoms with Crippen molar-refractivity contribution >= 4 is 56.4 Å². The molecule has 19 heteroatoms. The first kappa shape index (κ1) is 49.0. The third-order valence-electron chi connectivity index (χ3n) is 15.5. The average Bonchev–Trinajstić information content (AvgIpc) is 3.78. The molecular weight excluding hydrogens is 946 g/mol. The van der Waals surface area contributed by atoms with E-state index in [-0.39, 0.29) is 79.5 Å². The van der Waals surface area contributed by atoms with Gasteiger partial charge in [0.2, 0.25) is 11.8 Å². The number of carbonyl (C=O) groups is 3. The molecule has 0 bridgehead atoms. The molecule has 3 N–H and O–H groups in total. The SMILES string of the molecule is CO[C@@H](C)COc1nc(N(C)[C@@H]2CCNC2)c2cc(C3CC3)c(-c3c(C)c(F)cc4[nH]ncc34)c(OCc3ccc(C(=O)N4CCN(Cc5ccc6c(c5)n(C)c(=O)n6C5CCC(=O)NC5=O)C[C@@H]4C)cc3)c2n1. The highest BCUT2D eigenvalue weighted by atomic mass is 19.1. The van der Waals surface area contributed by atoms with Crippen LogP contribution in [0.25, 0.3) is 44.0 Å². The fourth-order valence-electron chi connectivity index (χ4n) is 11.1. The number of nitrogens with zero attached hydrogens (tertiary/aromatic N) is 8. The van der Waals surface area contributed by atoms with Gasteiger partial charge in [0.05, 0.1) is 28.9 Å². The van der Waals surface area contributed by atoms with Crippen molar-refractivity contribution < 1.29 is 33.0 Å². The third-order valence-corrected chi connectivity index (χ3v) is 15.5. The van der Waals surface area contributed by atoms with Gasteiger partial charge in [-0.15, -0.1) is 0 Å². The lowest BCUT2D eigenvalue weighted by atomic mass is 9.88. The van der Waals surface area contributed by atoms with Crippen LogP contribution in [0.4, 0.5) is 10.2 Å². The van der Waals surface area contributed by atoms with E-state index in [1.165, 1.54) is 10.6 Å². The molecule has 1 aliphatic carbocycles. The third kappa shape index (κ3) is 9.14. The van der Waals surface area contributed by atoms with Gasteiger partial charge in [-0.1, -0.05) is 18.2 Å². The number of imide groups is 1. The van der Waals surface area contributed by atoms with Gasteiger partial charge in [-0.25, -0.2) is 9.18 Å². The zero-order chi connectivity index (χ0) is 51.5. The summed E-state index contributed by atoms with van der Waals surface area (Å²) in [5, 5.41) is 14.8. The maximum absolute atomic E-state index is 16.0. The van der Waals surface area contributed by atoms with Crippen LogP contribution < -0.4 is 30.7 Å². The minimum Gasteiger partial charge on any atom is -0.486 e. The summed E-state index contributed by atoms with van der Waals surface area (Å²) in [5.41, 5.74) is 7.55. The average molecular weight is 1010 g/mol. The minimum atomic E-state index is -0.747. The van der Waals surface area contributed by atoms with Gasteiger partial charge in [-0.3, -0.25) is 38.8 Å². The normalized spacial score (nSPS) is 19.9. The highest BCUT2D eigenvalue weighted by Crippen LogP contribution is 2.53. The lowest BCUT2D eigenvalue weighted by Gasteiger charge is -2.40. The molecule has 4 fully saturated rings.